The first-order chi connectivity index (χ1) is 17.2. The molecule has 1 aromatic heterocycles. The Morgan fingerprint density at radius 3 is 2.67 bits per heavy atom. The first kappa shape index (κ1) is 25.3. The van der Waals surface area contributed by atoms with Crippen LogP contribution in [0.5, 0.6) is 0 Å². The van der Waals surface area contributed by atoms with Gasteiger partial charge in [0.25, 0.3) is 0 Å². The second kappa shape index (κ2) is 10.2. The van der Waals surface area contributed by atoms with Crippen molar-refractivity contribution in [3.8, 4) is 0 Å². The van der Waals surface area contributed by atoms with Gasteiger partial charge in [0.1, 0.15) is 11.4 Å². The van der Waals surface area contributed by atoms with E-state index in [1.54, 1.807) is 37.7 Å². The van der Waals surface area contributed by atoms with E-state index in [0.717, 1.165) is 31.5 Å². The summed E-state index contributed by atoms with van der Waals surface area (Å²) in [6.45, 7) is 7.56. The van der Waals surface area contributed by atoms with Gasteiger partial charge in [0.15, 0.2) is 5.82 Å². The molecule has 0 radical (unpaired) electrons. The maximum absolute atomic E-state index is 15.3. The lowest BCUT2D eigenvalue weighted by molar-refractivity contribution is 0.0611. The number of likely N-dealkylation sites (tertiary alicyclic amines) is 1. The summed E-state index contributed by atoms with van der Waals surface area (Å²) >= 11 is 8.87. The number of carbonyl (C=O) groups is 1. The van der Waals surface area contributed by atoms with Gasteiger partial charge in [0, 0.05) is 23.4 Å². The monoisotopic (exact) mass is 546 g/mol. The average Bonchev–Trinajstić information content (AvgIpc) is 3.42. The molecule has 190 valence electrons. The fraction of sp³-hybridized carbons (Fsp3) is 0.385. The summed E-state index contributed by atoms with van der Waals surface area (Å²) < 4.78 is 22.1. The zero-order valence-corrected chi connectivity index (χ0v) is 22.7. The average molecular weight is 547 g/mol. The molecular weight excluding hydrogens is 519 g/mol. The van der Waals surface area contributed by atoms with Gasteiger partial charge < -0.3 is 10.1 Å². The summed E-state index contributed by atoms with van der Waals surface area (Å²) in [5.41, 5.74) is 3.98. The van der Waals surface area contributed by atoms with E-state index in [0.29, 0.717) is 22.6 Å². The highest BCUT2D eigenvalue weighted by atomic mass is 35.5. The molecule has 1 N–H and O–H groups in total. The minimum absolute atomic E-state index is 0.0375. The van der Waals surface area contributed by atoms with Crippen molar-refractivity contribution in [2.45, 2.75) is 56.2 Å². The number of thiazole rings is 1. The van der Waals surface area contributed by atoms with Crippen molar-refractivity contribution in [3.05, 3.63) is 69.3 Å². The van der Waals surface area contributed by atoms with Gasteiger partial charge in [-0.3, -0.25) is 4.90 Å². The molecule has 2 heterocycles. The first-order valence-electron chi connectivity index (χ1n) is 11.9. The first-order valence-corrected chi connectivity index (χ1v) is 14.0. The lowest BCUT2D eigenvalue weighted by Gasteiger charge is -2.37. The van der Waals surface area contributed by atoms with E-state index in [-0.39, 0.29) is 10.9 Å². The third-order valence-corrected chi connectivity index (χ3v) is 8.16. The minimum atomic E-state index is -0.707. The van der Waals surface area contributed by atoms with Crippen molar-refractivity contribution in [1.82, 2.24) is 9.88 Å². The summed E-state index contributed by atoms with van der Waals surface area (Å²) in [7, 11) is 0. The molecule has 2 atom stereocenters. The largest absolute Gasteiger partial charge is 0.443 e. The van der Waals surface area contributed by atoms with Crippen LogP contribution in [0, 0.1) is 5.82 Å². The molecule has 2 aliphatic rings. The van der Waals surface area contributed by atoms with Gasteiger partial charge in [-0.15, -0.1) is 11.3 Å². The van der Waals surface area contributed by atoms with Gasteiger partial charge in [-0.1, -0.05) is 35.9 Å². The Kier molecular flexibility index (Phi) is 7.18. The molecule has 36 heavy (non-hydrogen) atoms. The van der Waals surface area contributed by atoms with E-state index in [1.165, 1.54) is 39.3 Å². The van der Waals surface area contributed by atoms with Crippen LogP contribution < -0.4 is 9.62 Å². The van der Waals surface area contributed by atoms with E-state index in [2.05, 4.69) is 33.4 Å². The molecule has 2 aromatic carbocycles. The topological polar surface area (TPSA) is 57.7 Å². The number of amides is 1. The standard InChI is InChI=1S/C26H28ClFN4O2S2/c1-26(2,3)34-25(33)32(24-14-35-15-29-24)36-23-11-18(27)21(12-19(23)28)30-20-13-22(31-9-6-10-31)17-8-5-4-7-16(17)20/h4-5,7-8,11-12,14-15,20,22,30H,6,9-10,13H2,1-3H3. The Bertz CT molecular complexity index is 1250. The Morgan fingerprint density at radius 1 is 1.28 bits per heavy atom. The predicted molar refractivity (Wildman–Crippen MR) is 144 cm³/mol. The molecule has 3 aromatic rings. The SMILES string of the molecule is CC(C)(C)OC(=O)N(Sc1cc(Cl)c(NC2CC(N3CCC3)c3ccccc32)cc1F)c1cscn1. The summed E-state index contributed by atoms with van der Waals surface area (Å²) in [5, 5.41) is 5.56. The molecule has 5 rings (SSSR count). The zero-order chi connectivity index (χ0) is 25.4. The normalized spacial score (nSPS) is 19.5. The Labute approximate surface area is 223 Å². The number of nitrogens with zero attached hydrogens (tertiary/aromatic N) is 3. The maximum atomic E-state index is 15.3. The highest BCUT2D eigenvalue weighted by Gasteiger charge is 2.36. The van der Waals surface area contributed by atoms with Gasteiger partial charge in [0.05, 0.1) is 27.2 Å². The van der Waals surface area contributed by atoms with Gasteiger partial charge in [0.2, 0.25) is 0 Å². The van der Waals surface area contributed by atoms with Crippen molar-refractivity contribution in [3.63, 3.8) is 0 Å². The van der Waals surface area contributed by atoms with Crippen LogP contribution in [-0.2, 0) is 4.74 Å². The van der Waals surface area contributed by atoms with Crippen molar-refractivity contribution >= 4 is 52.5 Å². The number of hydrogen-bond acceptors (Lipinski definition) is 7. The zero-order valence-electron chi connectivity index (χ0n) is 20.3. The summed E-state index contributed by atoms with van der Waals surface area (Å²) in [6.07, 6.45) is 1.51. The van der Waals surface area contributed by atoms with Crippen LogP contribution in [0.4, 0.5) is 20.7 Å². The minimum Gasteiger partial charge on any atom is -0.443 e. The van der Waals surface area contributed by atoms with Crippen LogP contribution in [0.25, 0.3) is 0 Å². The number of anilines is 2. The third-order valence-electron chi connectivity index (χ3n) is 6.25. The van der Waals surface area contributed by atoms with Crippen molar-refractivity contribution in [1.29, 1.82) is 0 Å². The smallest absolute Gasteiger partial charge is 0.426 e. The molecule has 10 heteroatoms. The number of ether oxygens (including phenoxy) is 1. The molecule has 0 bridgehead atoms. The lowest BCUT2D eigenvalue weighted by atomic mass is 10.0. The molecule has 6 nitrogen and oxygen atoms in total. The third kappa shape index (κ3) is 5.34. The van der Waals surface area contributed by atoms with Crippen LogP contribution in [0.2, 0.25) is 5.02 Å². The fourth-order valence-electron chi connectivity index (χ4n) is 4.53. The second-order valence-corrected chi connectivity index (χ2v) is 12.1. The van der Waals surface area contributed by atoms with Crippen LogP contribution in [0.1, 0.15) is 56.8 Å². The Morgan fingerprint density at radius 2 is 2.03 bits per heavy atom. The van der Waals surface area contributed by atoms with E-state index in [9.17, 15) is 4.79 Å². The molecule has 1 fully saturated rings. The number of halogens is 2. The van der Waals surface area contributed by atoms with Crippen molar-refractivity contribution in [2.24, 2.45) is 0 Å². The Hall–Kier alpha value is -2.33. The molecule has 0 saturated carbocycles. The molecule has 1 aliphatic carbocycles. The van der Waals surface area contributed by atoms with Crippen molar-refractivity contribution < 1.29 is 13.9 Å². The quantitative estimate of drug-likeness (QED) is 0.320. The molecule has 1 saturated heterocycles. The van der Waals surface area contributed by atoms with Gasteiger partial charge >= 0.3 is 6.09 Å². The number of fused-ring (bicyclic) bond motifs is 1. The predicted octanol–water partition coefficient (Wildman–Crippen LogP) is 7.69. The maximum Gasteiger partial charge on any atom is 0.426 e. The number of nitrogens with one attached hydrogen (secondary N) is 1. The van der Waals surface area contributed by atoms with Crippen molar-refractivity contribution in [2.75, 3.05) is 22.7 Å². The molecule has 0 spiro atoms. The highest BCUT2D eigenvalue weighted by molar-refractivity contribution is 8.01. The lowest BCUT2D eigenvalue weighted by Crippen LogP contribution is -2.39. The van der Waals surface area contributed by atoms with Crippen LogP contribution in [-0.4, -0.2) is 34.7 Å². The number of aromatic nitrogens is 1. The van der Waals surface area contributed by atoms with E-state index >= 15 is 4.39 Å². The number of hydrogen-bond donors (Lipinski definition) is 1. The van der Waals surface area contributed by atoms with E-state index in [4.69, 9.17) is 16.3 Å². The molecule has 2 unspecified atom stereocenters. The van der Waals surface area contributed by atoms with Crippen LogP contribution >= 0.6 is 34.9 Å². The highest BCUT2D eigenvalue weighted by Crippen LogP contribution is 2.46. The fourth-order valence-corrected chi connectivity index (χ4v) is 6.21. The van der Waals surface area contributed by atoms with Gasteiger partial charge in [-0.25, -0.2) is 14.2 Å². The van der Waals surface area contributed by atoms with E-state index < -0.39 is 17.5 Å². The molecule has 1 amide bonds. The van der Waals surface area contributed by atoms with Gasteiger partial charge in [-0.05, 0) is 70.0 Å². The number of rotatable bonds is 6. The Balaban J connectivity index is 1.37. The van der Waals surface area contributed by atoms with Crippen LogP contribution in [0.15, 0.2) is 52.2 Å². The van der Waals surface area contributed by atoms with E-state index in [1.807, 2.05) is 6.07 Å². The number of carbonyl (C=O) groups excluding carboxylic acids is 1. The molecular formula is C26H28ClFN4O2S2. The van der Waals surface area contributed by atoms with Gasteiger partial charge in [-0.2, -0.15) is 4.31 Å². The van der Waals surface area contributed by atoms with Crippen LogP contribution in [0.3, 0.4) is 0 Å². The summed E-state index contributed by atoms with van der Waals surface area (Å²) in [4.78, 5) is 19.8. The molecule has 1 aliphatic heterocycles. The summed E-state index contributed by atoms with van der Waals surface area (Å²) in [6, 6.07) is 11.8. The summed E-state index contributed by atoms with van der Waals surface area (Å²) in [5.74, 6) is -0.113. The number of benzene rings is 2. The second-order valence-electron chi connectivity index (χ2n) is 9.94.